The van der Waals surface area contributed by atoms with Gasteiger partial charge >= 0.3 is 0 Å². The molecule has 170 valence electrons. The molecule has 0 aliphatic heterocycles. The molecule has 0 aliphatic rings. The highest BCUT2D eigenvalue weighted by atomic mass is 32.2. The van der Waals surface area contributed by atoms with E-state index in [9.17, 15) is 17.6 Å². The maximum Gasteiger partial charge on any atom is 0.280 e. The number of sulfone groups is 1. The zero-order chi connectivity index (χ0) is 22.9. The van der Waals surface area contributed by atoms with Gasteiger partial charge < -0.3 is 14.3 Å². The minimum atomic E-state index is -3.49. The molecule has 2 rings (SSSR count). The van der Waals surface area contributed by atoms with E-state index in [1.165, 1.54) is 38.5 Å². The number of rotatable bonds is 12. The van der Waals surface area contributed by atoms with Crippen molar-refractivity contribution in [3.63, 3.8) is 0 Å². The topological polar surface area (TPSA) is 116 Å². The van der Waals surface area contributed by atoms with Gasteiger partial charge in [0.2, 0.25) is 0 Å². The first kappa shape index (κ1) is 24.9. The fourth-order valence-electron chi connectivity index (χ4n) is 2.43. The minimum absolute atomic E-state index is 0.0532. The van der Waals surface area contributed by atoms with Crippen molar-refractivity contribution in [1.82, 2.24) is 4.98 Å². The number of hydrogen-bond acceptors (Lipinski definition) is 9. The average molecular weight is 474 g/mol. The van der Waals surface area contributed by atoms with E-state index in [0.29, 0.717) is 29.9 Å². The Labute approximate surface area is 184 Å². The smallest absolute Gasteiger partial charge is 0.280 e. The molecule has 0 radical (unpaired) electrons. The minimum Gasteiger partial charge on any atom is -0.390 e. The van der Waals surface area contributed by atoms with Gasteiger partial charge in [-0.15, -0.1) is 0 Å². The van der Waals surface area contributed by atoms with Crippen LogP contribution in [0.4, 0.5) is 9.52 Å². The molecule has 2 aromatic rings. The molecule has 0 spiro atoms. The zero-order valence-electron chi connectivity index (χ0n) is 17.3. The second-order valence-electron chi connectivity index (χ2n) is 6.42. The molecular formula is C19H24FN3O6S2. The third-order valence-electron chi connectivity index (χ3n) is 3.89. The summed E-state index contributed by atoms with van der Waals surface area (Å²) in [6.07, 6.45) is 0.911. The van der Waals surface area contributed by atoms with Gasteiger partial charge in [0.25, 0.3) is 5.91 Å². The molecule has 0 bridgehead atoms. The van der Waals surface area contributed by atoms with Crippen molar-refractivity contribution in [2.75, 3.05) is 38.5 Å². The Morgan fingerprint density at radius 1 is 1.26 bits per heavy atom. The highest BCUT2D eigenvalue weighted by Crippen LogP contribution is 2.18. The summed E-state index contributed by atoms with van der Waals surface area (Å²) in [5.74, 6) is -0.746. The lowest BCUT2D eigenvalue weighted by Crippen LogP contribution is -2.25. The summed E-state index contributed by atoms with van der Waals surface area (Å²) in [4.78, 5) is 21.9. The lowest BCUT2D eigenvalue weighted by atomic mass is 10.1. The monoisotopic (exact) mass is 473 g/mol. The van der Waals surface area contributed by atoms with Gasteiger partial charge in [-0.25, -0.2) is 13.4 Å². The van der Waals surface area contributed by atoms with Crippen molar-refractivity contribution in [2.45, 2.75) is 24.3 Å². The number of carbonyl (C=O) groups is 1. The zero-order valence-corrected chi connectivity index (χ0v) is 19.0. The lowest BCUT2D eigenvalue weighted by molar-refractivity contribution is -0.110. The van der Waals surface area contributed by atoms with Gasteiger partial charge in [-0.2, -0.15) is 4.39 Å². The summed E-state index contributed by atoms with van der Waals surface area (Å²) in [5.41, 5.74) is 0.192. The van der Waals surface area contributed by atoms with Crippen LogP contribution in [0, 0.1) is 5.13 Å². The average Bonchev–Trinajstić information content (AvgIpc) is 3.13. The van der Waals surface area contributed by atoms with Crippen molar-refractivity contribution in [3.8, 4) is 0 Å². The summed E-state index contributed by atoms with van der Waals surface area (Å²) in [5, 5.41) is 5.86. The van der Waals surface area contributed by atoms with E-state index in [4.69, 9.17) is 14.3 Å². The molecule has 1 aromatic heterocycles. The number of halogens is 1. The van der Waals surface area contributed by atoms with E-state index in [1.807, 2.05) is 0 Å². The molecule has 9 nitrogen and oxygen atoms in total. The van der Waals surface area contributed by atoms with E-state index in [-0.39, 0.29) is 28.1 Å². The third-order valence-corrected chi connectivity index (χ3v) is 6.40. The van der Waals surface area contributed by atoms with Gasteiger partial charge in [-0.1, -0.05) is 28.6 Å². The molecule has 1 amide bonds. The number of ether oxygens (including phenoxy) is 2. The van der Waals surface area contributed by atoms with Crippen LogP contribution in [0.5, 0.6) is 0 Å². The molecule has 0 fully saturated rings. The standard InChI is InChI=1S/C19H24FN3O6S2/c1-13(12-28-3)29-23-17(18(24)22-19-21-11-16(20)30-19)14-5-7-15(8-6-14)31(25,26)10-4-9-27-2/h5-8,11,13H,4,9-10,12H2,1-3H3,(H,21,22,24)/t13-/m1/s1. The maximum atomic E-state index is 13.2. The summed E-state index contributed by atoms with van der Waals surface area (Å²) < 4.78 is 47.9. The summed E-state index contributed by atoms with van der Waals surface area (Å²) in [6, 6.07) is 5.69. The van der Waals surface area contributed by atoms with Crippen molar-refractivity contribution >= 4 is 37.9 Å². The largest absolute Gasteiger partial charge is 0.390 e. The van der Waals surface area contributed by atoms with Crippen LogP contribution in [-0.4, -0.2) is 64.3 Å². The predicted molar refractivity (Wildman–Crippen MR) is 115 cm³/mol. The number of anilines is 1. The van der Waals surface area contributed by atoms with Gasteiger partial charge in [0.05, 0.1) is 23.5 Å². The van der Waals surface area contributed by atoms with Gasteiger partial charge in [0.1, 0.15) is 6.10 Å². The number of benzene rings is 1. The highest BCUT2D eigenvalue weighted by molar-refractivity contribution is 7.91. The van der Waals surface area contributed by atoms with Gasteiger partial charge in [0.15, 0.2) is 25.8 Å². The molecule has 31 heavy (non-hydrogen) atoms. The molecule has 1 N–H and O–H groups in total. The second kappa shape index (κ2) is 11.8. The van der Waals surface area contributed by atoms with Crippen LogP contribution in [0.15, 0.2) is 40.5 Å². The Bertz CT molecular complexity index is 992. The van der Waals surface area contributed by atoms with Crippen LogP contribution in [0.1, 0.15) is 18.9 Å². The van der Waals surface area contributed by atoms with Gasteiger partial charge in [0, 0.05) is 26.4 Å². The number of oxime groups is 1. The molecule has 0 unspecified atom stereocenters. The highest BCUT2D eigenvalue weighted by Gasteiger charge is 2.20. The van der Waals surface area contributed by atoms with Crippen molar-refractivity contribution in [2.24, 2.45) is 5.16 Å². The number of nitrogens with one attached hydrogen (secondary N) is 1. The third kappa shape index (κ3) is 7.65. The molecule has 0 saturated heterocycles. The van der Waals surface area contributed by atoms with E-state index in [0.717, 1.165) is 6.20 Å². The summed E-state index contributed by atoms with van der Waals surface area (Å²) in [6.45, 7) is 2.28. The SMILES string of the molecule is COCCCS(=O)(=O)c1ccc(C(=NO[C@H](C)COC)C(=O)Nc2ncc(F)s2)cc1. The lowest BCUT2D eigenvalue weighted by Gasteiger charge is -2.11. The van der Waals surface area contributed by atoms with Crippen LogP contribution in [0.2, 0.25) is 0 Å². The van der Waals surface area contributed by atoms with E-state index >= 15 is 0 Å². The summed E-state index contributed by atoms with van der Waals surface area (Å²) in [7, 11) is -0.489. The van der Waals surface area contributed by atoms with Crippen molar-refractivity contribution in [3.05, 3.63) is 41.2 Å². The predicted octanol–water partition coefficient (Wildman–Crippen LogP) is 2.49. The number of carbonyl (C=O) groups excluding carboxylic acids is 1. The number of aromatic nitrogens is 1. The molecule has 12 heteroatoms. The van der Waals surface area contributed by atoms with Crippen molar-refractivity contribution in [1.29, 1.82) is 0 Å². The number of nitrogens with zero attached hydrogens (tertiary/aromatic N) is 2. The second-order valence-corrected chi connectivity index (χ2v) is 9.51. The van der Waals surface area contributed by atoms with Gasteiger partial charge in [-0.3, -0.25) is 10.1 Å². The van der Waals surface area contributed by atoms with Crippen LogP contribution < -0.4 is 5.32 Å². The number of thiazole rings is 1. The Hall–Kier alpha value is -2.41. The van der Waals surface area contributed by atoms with Gasteiger partial charge in [-0.05, 0) is 25.5 Å². The van der Waals surface area contributed by atoms with E-state index in [2.05, 4.69) is 15.5 Å². The Morgan fingerprint density at radius 3 is 2.55 bits per heavy atom. The van der Waals surface area contributed by atoms with E-state index in [1.54, 1.807) is 6.92 Å². The Morgan fingerprint density at radius 2 is 1.97 bits per heavy atom. The van der Waals surface area contributed by atoms with E-state index < -0.39 is 27.0 Å². The first-order chi connectivity index (χ1) is 14.8. The normalized spacial score (nSPS) is 13.1. The number of methoxy groups -OCH3 is 2. The van der Waals surface area contributed by atoms with Crippen LogP contribution in [-0.2, 0) is 28.9 Å². The fourth-order valence-corrected chi connectivity index (χ4v) is 4.26. The molecule has 1 heterocycles. The molecule has 0 aliphatic carbocycles. The molecular weight excluding hydrogens is 449 g/mol. The molecule has 1 atom stereocenters. The van der Waals surface area contributed by atoms with Crippen LogP contribution in [0.25, 0.3) is 0 Å². The summed E-state index contributed by atoms with van der Waals surface area (Å²) >= 11 is 0.661. The fraction of sp³-hybridized carbons (Fsp3) is 0.421. The van der Waals surface area contributed by atoms with Crippen molar-refractivity contribution < 1.29 is 31.9 Å². The molecule has 1 aromatic carbocycles. The number of amides is 1. The number of hydrogen-bond donors (Lipinski definition) is 1. The molecule has 0 saturated carbocycles. The Kier molecular flexibility index (Phi) is 9.49. The Balaban J connectivity index is 2.26. The maximum absolute atomic E-state index is 13.2. The van der Waals surface area contributed by atoms with Crippen LogP contribution >= 0.6 is 11.3 Å². The first-order valence-corrected chi connectivity index (χ1v) is 11.7. The first-order valence-electron chi connectivity index (χ1n) is 9.24. The quantitative estimate of drug-likeness (QED) is 0.286. The van der Waals surface area contributed by atoms with Crippen LogP contribution in [0.3, 0.4) is 0 Å².